The lowest BCUT2D eigenvalue weighted by Gasteiger charge is -2.31. The summed E-state index contributed by atoms with van der Waals surface area (Å²) in [4.78, 5) is 0. The molecule has 1 rings (SSSR count). The van der Waals surface area contributed by atoms with Gasteiger partial charge in [0.15, 0.2) is 0 Å². The minimum Gasteiger partial charge on any atom is -0.390 e. The van der Waals surface area contributed by atoms with Crippen molar-refractivity contribution in [1.82, 2.24) is 0 Å². The van der Waals surface area contributed by atoms with Crippen LogP contribution in [0.1, 0.15) is 19.8 Å². The molecule has 0 aliphatic carbocycles. The third-order valence-electron chi connectivity index (χ3n) is 2.22. The van der Waals surface area contributed by atoms with Gasteiger partial charge in [-0.25, -0.2) is 0 Å². The van der Waals surface area contributed by atoms with Crippen LogP contribution in [0.4, 0.5) is 0 Å². The fraction of sp³-hybridized carbons (Fsp3) is 0.778. The van der Waals surface area contributed by atoms with Crippen LogP contribution in [0.25, 0.3) is 0 Å². The van der Waals surface area contributed by atoms with Crippen LogP contribution >= 0.6 is 0 Å². The van der Waals surface area contributed by atoms with Gasteiger partial charge in [0.25, 0.3) is 0 Å². The van der Waals surface area contributed by atoms with Crippen LogP contribution in [0.15, 0.2) is 12.7 Å². The van der Waals surface area contributed by atoms with Gasteiger partial charge in [0.1, 0.15) is 0 Å². The van der Waals surface area contributed by atoms with Crippen LogP contribution in [-0.4, -0.2) is 23.9 Å². The van der Waals surface area contributed by atoms with Crippen molar-refractivity contribution in [3.8, 4) is 0 Å². The van der Waals surface area contributed by atoms with Crippen molar-refractivity contribution in [2.45, 2.75) is 32.0 Å². The largest absolute Gasteiger partial charge is 0.390 e. The van der Waals surface area contributed by atoms with Crippen LogP contribution in [0, 0.1) is 5.92 Å². The number of aliphatic hydroxyl groups is 1. The molecule has 0 saturated carbocycles. The zero-order valence-electron chi connectivity index (χ0n) is 6.99. The van der Waals surface area contributed by atoms with E-state index in [1.54, 1.807) is 0 Å². The maximum atomic E-state index is 9.50. The molecular weight excluding hydrogens is 140 g/mol. The Balaban J connectivity index is 2.46. The Bertz CT molecular complexity index is 134. The molecule has 1 fully saturated rings. The summed E-state index contributed by atoms with van der Waals surface area (Å²) >= 11 is 0. The fourth-order valence-corrected chi connectivity index (χ4v) is 1.42. The van der Waals surface area contributed by atoms with Crippen LogP contribution < -0.4 is 0 Å². The van der Waals surface area contributed by atoms with Gasteiger partial charge in [-0.05, 0) is 12.8 Å². The number of rotatable bonds is 2. The SMILES string of the molecule is C=CC(C)C1OCCCC1O. The molecule has 1 aliphatic heterocycles. The first-order chi connectivity index (χ1) is 5.25. The molecule has 1 heterocycles. The zero-order chi connectivity index (χ0) is 8.27. The quantitative estimate of drug-likeness (QED) is 0.611. The summed E-state index contributed by atoms with van der Waals surface area (Å²) < 4.78 is 5.42. The smallest absolute Gasteiger partial charge is 0.0893 e. The van der Waals surface area contributed by atoms with Crippen molar-refractivity contribution in [2.75, 3.05) is 6.61 Å². The molecule has 0 bridgehead atoms. The average molecular weight is 156 g/mol. The summed E-state index contributed by atoms with van der Waals surface area (Å²) in [5.41, 5.74) is 0. The maximum absolute atomic E-state index is 9.50. The van der Waals surface area contributed by atoms with Crippen molar-refractivity contribution in [1.29, 1.82) is 0 Å². The van der Waals surface area contributed by atoms with Crippen molar-refractivity contribution >= 4 is 0 Å². The van der Waals surface area contributed by atoms with Crippen molar-refractivity contribution < 1.29 is 9.84 Å². The first kappa shape index (κ1) is 8.75. The summed E-state index contributed by atoms with van der Waals surface area (Å²) in [5, 5.41) is 9.50. The van der Waals surface area contributed by atoms with Gasteiger partial charge in [-0.1, -0.05) is 13.0 Å². The van der Waals surface area contributed by atoms with Gasteiger partial charge in [0, 0.05) is 12.5 Å². The lowest BCUT2D eigenvalue weighted by molar-refractivity contribution is -0.0892. The molecule has 0 spiro atoms. The molecule has 0 aromatic heterocycles. The van der Waals surface area contributed by atoms with Crippen LogP contribution in [0.5, 0.6) is 0 Å². The van der Waals surface area contributed by atoms with Crippen LogP contribution in [-0.2, 0) is 4.74 Å². The predicted molar refractivity (Wildman–Crippen MR) is 44.3 cm³/mol. The van der Waals surface area contributed by atoms with E-state index in [0.29, 0.717) is 0 Å². The third-order valence-corrected chi connectivity index (χ3v) is 2.22. The molecule has 1 aliphatic rings. The second-order valence-corrected chi connectivity index (χ2v) is 3.14. The highest BCUT2D eigenvalue weighted by molar-refractivity contribution is 4.87. The predicted octanol–water partition coefficient (Wildman–Crippen LogP) is 1.35. The molecule has 0 aromatic rings. The Morgan fingerprint density at radius 2 is 2.45 bits per heavy atom. The van der Waals surface area contributed by atoms with E-state index in [2.05, 4.69) is 6.58 Å². The monoisotopic (exact) mass is 156 g/mol. The topological polar surface area (TPSA) is 29.5 Å². The van der Waals surface area contributed by atoms with E-state index in [9.17, 15) is 5.11 Å². The summed E-state index contributed by atoms with van der Waals surface area (Å²) in [6.07, 6.45) is 3.35. The van der Waals surface area contributed by atoms with Gasteiger partial charge in [0.05, 0.1) is 12.2 Å². The second kappa shape index (κ2) is 3.88. The van der Waals surface area contributed by atoms with Gasteiger partial charge >= 0.3 is 0 Å². The molecule has 1 saturated heterocycles. The number of ether oxygens (including phenoxy) is 1. The minimum atomic E-state index is -0.295. The molecule has 2 nitrogen and oxygen atoms in total. The van der Waals surface area contributed by atoms with Gasteiger partial charge in [0.2, 0.25) is 0 Å². The normalized spacial score (nSPS) is 34.7. The van der Waals surface area contributed by atoms with E-state index in [1.807, 2.05) is 13.0 Å². The molecule has 2 heteroatoms. The van der Waals surface area contributed by atoms with Crippen molar-refractivity contribution in [3.05, 3.63) is 12.7 Å². The number of hydrogen-bond donors (Lipinski definition) is 1. The summed E-state index contributed by atoms with van der Waals surface area (Å²) in [6, 6.07) is 0. The van der Waals surface area contributed by atoms with Gasteiger partial charge in [-0.15, -0.1) is 6.58 Å². The lowest BCUT2D eigenvalue weighted by atomic mass is 9.95. The van der Waals surface area contributed by atoms with E-state index in [-0.39, 0.29) is 18.1 Å². The first-order valence-electron chi connectivity index (χ1n) is 4.18. The van der Waals surface area contributed by atoms with E-state index in [4.69, 9.17) is 4.74 Å². The Labute approximate surface area is 67.9 Å². The molecule has 1 N–H and O–H groups in total. The van der Waals surface area contributed by atoms with E-state index in [0.717, 1.165) is 19.4 Å². The van der Waals surface area contributed by atoms with Crippen molar-refractivity contribution in [3.63, 3.8) is 0 Å². The molecule has 3 unspecified atom stereocenters. The van der Waals surface area contributed by atoms with Gasteiger partial charge < -0.3 is 9.84 Å². The summed E-state index contributed by atoms with van der Waals surface area (Å²) in [6.45, 7) is 6.48. The minimum absolute atomic E-state index is 0.0266. The Morgan fingerprint density at radius 3 is 3.00 bits per heavy atom. The zero-order valence-corrected chi connectivity index (χ0v) is 6.99. The number of aliphatic hydroxyl groups excluding tert-OH is 1. The molecular formula is C9H16O2. The first-order valence-corrected chi connectivity index (χ1v) is 4.18. The summed E-state index contributed by atoms with van der Waals surface area (Å²) in [5.74, 6) is 0.255. The molecule has 3 atom stereocenters. The van der Waals surface area contributed by atoms with E-state index in [1.165, 1.54) is 0 Å². The van der Waals surface area contributed by atoms with E-state index >= 15 is 0 Å². The van der Waals surface area contributed by atoms with Gasteiger partial charge in [-0.3, -0.25) is 0 Å². The Hall–Kier alpha value is -0.340. The average Bonchev–Trinajstić information content (AvgIpc) is 2.04. The van der Waals surface area contributed by atoms with Gasteiger partial charge in [-0.2, -0.15) is 0 Å². The molecule has 0 aromatic carbocycles. The maximum Gasteiger partial charge on any atom is 0.0893 e. The third kappa shape index (κ3) is 2.04. The highest BCUT2D eigenvalue weighted by Crippen LogP contribution is 2.20. The lowest BCUT2D eigenvalue weighted by Crippen LogP contribution is -2.38. The molecule has 11 heavy (non-hydrogen) atoms. The second-order valence-electron chi connectivity index (χ2n) is 3.14. The highest BCUT2D eigenvalue weighted by atomic mass is 16.5. The number of hydrogen-bond acceptors (Lipinski definition) is 2. The van der Waals surface area contributed by atoms with Crippen LogP contribution in [0.2, 0.25) is 0 Å². The highest BCUT2D eigenvalue weighted by Gasteiger charge is 2.26. The molecule has 0 radical (unpaired) electrons. The standard InChI is InChI=1S/C9H16O2/c1-3-7(2)9-8(10)5-4-6-11-9/h3,7-10H,1,4-6H2,2H3. The Kier molecular flexibility index (Phi) is 3.09. The molecule has 64 valence electrons. The fourth-order valence-electron chi connectivity index (χ4n) is 1.42. The summed E-state index contributed by atoms with van der Waals surface area (Å²) in [7, 11) is 0. The van der Waals surface area contributed by atoms with E-state index < -0.39 is 0 Å². The molecule has 0 amide bonds. The van der Waals surface area contributed by atoms with Crippen LogP contribution in [0.3, 0.4) is 0 Å². The van der Waals surface area contributed by atoms with Crippen molar-refractivity contribution in [2.24, 2.45) is 5.92 Å². The Morgan fingerprint density at radius 1 is 1.73 bits per heavy atom.